The van der Waals surface area contributed by atoms with E-state index in [-0.39, 0.29) is 29.7 Å². The van der Waals surface area contributed by atoms with Crippen LogP contribution in [-0.4, -0.2) is 93.3 Å². The van der Waals surface area contributed by atoms with E-state index in [1.165, 1.54) is 4.90 Å². The molecule has 222 valence electrons. The molecule has 0 spiro atoms. The number of fused-ring (bicyclic) bond motifs is 3. The molecule has 1 fully saturated rings. The standard InChI is InChI=1S/C30H39N3O8/c1-32(2)18-13-14(7-10-29(40)8-5-6-9-29)23(34)20-16(18)11-15-12-17-22(33(3)4)25(36)21(28(31)39)27(38)30(17,41)26(37)19(15)24(20)35/h13,15,17,22,34,36-37,40-41H,5-12H2,1-4H3,(H2,31,39)/t15-,17+,22+,30-/m0/s1. The van der Waals surface area contributed by atoms with Gasteiger partial charge in [-0.2, -0.15) is 0 Å². The predicted octanol–water partition coefficient (Wildman–Crippen LogP) is 1.42. The van der Waals surface area contributed by atoms with Gasteiger partial charge in [-0.3, -0.25) is 19.3 Å². The fraction of sp³-hybridized carbons (Fsp3) is 0.567. The number of likely N-dealkylation sites (N-methyl/N-ethyl adjacent to an activating group) is 1. The number of nitrogens with two attached hydrogens (primary N) is 1. The number of aryl methyl sites for hydroxylation is 1. The second kappa shape index (κ2) is 9.85. The summed E-state index contributed by atoms with van der Waals surface area (Å²) in [5.74, 6) is -6.66. The van der Waals surface area contributed by atoms with Crippen molar-refractivity contribution in [1.82, 2.24) is 4.90 Å². The minimum atomic E-state index is -2.67. The minimum absolute atomic E-state index is 0.00889. The predicted molar refractivity (Wildman–Crippen MR) is 150 cm³/mol. The Labute approximate surface area is 238 Å². The number of benzene rings is 1. The van der Waals surface area contributed by atoms with Crippen LogP contribution in [0.15, 0.2) is 28.7 Å². The zero-order valence-electron chi connectivity index (χ0n) is 23.9. The van der Waals surface area contributed by atoms with E-state index in [0.29, 0.717) is 42.5 Å². The number of nitrogens with zero attached hydrogens (tertiary/aromatic N) is 2. The number of hydrogen-bond acceptors (Lipinski definition) is 10. The number of ketones is 2. The van der Waals surface area contributed by atoms with Gasteiger partial charge >= 0.3 is 0 Å². The molecule has 1 aromatic carbocycles. The van der Waals surface area contributed by atoms with Gasteiger partial charge in [-0.25, -0.2) is 0 Å². The Bertz CT molecular complexity index is 1400. The fourth-order valence-electron chi connectivity index (χ4n) is 7.59. The van der Waals surface area contributed by atoms with Crippen LogP contribution < -0.4 is 10.6 Å². The number of Topliss-reactive ketones (excluding diaryl/α,β-unsaturated/α-hetero) is 2. The third-order valence-electron chi connectivity index (χ3n) is 9.65. The molecule has 11 heteroatoms. The lowest BCUT2D eigenvalue weighted by atomic mass is 9.58. The largest absolute Gasteiger partial charge is 0.510 e. The van der Waals surface area contributed by atoms with Crippen molar-refractivity contribution in [2.24, 2.45) is 17.6 Å². The lowest BCUT2D eigenvalue weighted by molar-refractivity contribution is -0.148. The third-order valence-corrected chi connectivity index (χ3v) is 9.65. The number of aliphatic hydroxyl groups excluding tert-OH is 2. The fourth-order valence-corrected chi connectivity index (χ4v) is 7.59. The van der Waals surface area contributed by atoms with Crippen LogP contribution >= 0.6 is 0 Å². The highest BCUT2D eigenvalue weighted by atomic mass is 16.3. The average Bonchev–Trinajstić information content (AvgIpc) is 3.31. The van der Waals surface area contributed by atoms with Crippen molar-refractivity contribution in [2.45, 2.75) is 68.6 Å². The van der Waals surface area contributed by atoms with Gasteiger partial charge in [-0.05, 0) is 75.7 Å². The van der Waals surface area contributed by atoms with Crippen molar-refractivity contribution in [1.29, 1.82) is 0 Å². The topological polar surface area (TPSA) is 185 Å². The highest BCUT2D eigenvalue weighted by Gasteiger charge is 2.63. The number of carbonyl (C=O) groups is 3. The summed E-state index contributed by atoms with van der Waals surface area (Å²) in [7, 11) is 6.84. The third kappa shape index (κ3) is 4.24. The Hall–Kier alpha value is -3.41. The highest BCUT2D eigenvalue weighted by molar-refractivity contribution is 6.24. The van der Waals surface area contributed by atoms with Gasteiger partial charge in [0.2, 0.25) is 5.78 Å². The average molecular weight is 570 g/mol. The van der Waals surface area contributed by atoms with E-state index in [2.05, 4.69) is 0 Å². The first kappa shape index (κ1) is 29.1. The molecule has 41 heavy (non-hydrogen) atoms. The molecule has 0 unspecified atom stereocenters. The molecule has 1 saturated carbocycles. The maximum Gasteiger partial charge on any atom is 0.255 e. The van der Waals surface area contributed by atoms with Gasteiger partial charge in [0.1, 0.15) is 22.8 Å². The van der Waals surface area contributed by atoms with Crippen LogP contribution in [0, 0.1) is 11.8 Å². The lowest BCUT2D eigenvalue weighted by Crippen LogP contribution is -2.63. The van der Waals surface area contributed by atoms with Gasteiger partial charge in [-0.1, -0.05) is 12.8 Å². The van der Waals surface area contributed by atoms with Crippen molar-refractivity contribution in [3.05, 3.63) is 45.4 Å². The summed E-state index contributed by atoms with van der Waals surface area (Å²) in [6.45, 7) is 0. The first-order chi connectivity index (χ1) is 19.1. The van der Waals surface area contributed by atoms with Crippen molar-refractivity contribution in [3.63, 3.8) is 0 Å². The van der Waals surface area contributed by atoms with E-state index >= 15 is 0 Å². The van der Waals surface area contributed by atoms with Gasteiger partial charge < -0.3 is 36.2 Å². The number of anilines is 1. The Kier molecular flexibility index (Phi) is 6.99. The van der Waals surface area contributed by atoms with Gasteiger partial charge in [0.05, 0.1) is 17.2 Å². The van der Waals surface area contributed by atoms with Crippen LogP contribution in [0.4, 0.5) is 5.69 Å². The molecule has 0 aliphatic heterocycles. The van der Waals surface area contributed by atoms with Gasteiger partial charge in [0, 0.05) is 31.3 Å². The molecule has 7 N–H and O–H groups in total. The number of amides is 1. The first-order valence-corrected chi connectivity index (χ1v) is 14.1. The number of phenols is 1. The summed E-state index contributed by atoms with van der Waals surface area (Å²) in [6.07, 6.45) is 4.24. The number of carbonyl (C=O) groups excluding carboxylic acids is 3. The lowest BCUT2D eigenvalue weighted by Gasteiger charge is -2.50. The summed E-state index contributed by atoms with van der Waals surface area (Å²) in [4.78, 5) is 43.1. The zero-order chi connectivity index (χ0) is 30.2. The monoisotopic (exact) mass is 569 g/mol. The molecular weight excluding hydrogens is 530 g/mol. The van der Waals surface area contributed by atoms with Crippen molar-refractivity contribution < 1.29 is 39.9 Å². The number of allylic oxidation sites excluding steroid dienone is 1. The molecule has 4 aliphatic carbocycles. The number of hydrogen-bond donors (Lipinski definition) is 6. The molecule has 0 saturated heterocycles. The van der Waals surface area contributed by atoms with Crippen molar-refractivity contribution in [2.75, 3.05) is 33.1 Å². The second-order valence-electron chi connectivity index (χ2n) is 12.5. The van der Waals surface area contributed by atoms with Crippen molar-refractivity contribution in [3.8, 4) is 5.75 Å². The summed E-state index contributed by atoms with van der Waals surface area (Å²) in [5.41, 5.74) is 2.65. The molecule has 1 amide bonds. The van der Waals surface area contributed by atoms with Crippen LogP contribution in [0.25, 0.3) is 0 Å². The van der Waals surface area contributed by atoms with Crippen LogP contribution in [0.2, 0.25) is 0 Å². The van der Waals surface area contributed by atoms with Crippen LogP contribution in [0.1, 0.15) is 60.0 Å². The first-order valence-electron chi connectivity index (χ1n) is 14.1. The van der Waals surface area contributed by atoms with Crippen LogP contribution in [0.5, 0.6) is 5.75 Å². The number of rotatable bonds is 6. The molecule has 0 heterocycles. The number of phenolic OH excluding ortho intramolecular Hbond substituents is 1. The maximum absolute atomic E-state index is 14.1. The Balaban J connectivity index is 1.65. The van der Waals surface area contributed by atoms with Gasteiger partial charge in [0.15, 0.2) is 11.4 Å². The van der Waals surface area contributed by atoms with E-state index in [1.807, 2.05) is 25.1 Å². The van der Waals surface area contributed by atoms with Crippen LogP contribution in [-0.2, 0) is 22.4 Å². The Morgan fingerprint density at radius 2 is 1.71 bits per heavy atom. The second-order valence-corrected chi connectivity index (χ2v) is 12.5. The molecule has 4 atom stereocenters. The molecule has 1 aromatic rings. The van der Waals surface area contributed by atoms with E-state index in [0.717, 1.165) is 12.8 Å². The molecule has 0 radical (unpaired) electrons. The molecule has 11 nitrogen and oxygen atoms in total. The minimum Gasteiger partial charge on any atom is -0.510 e. The molecule has 0 bridgehead atoms. The number of aliphatic hydroxyl groups is 4. The van der Waals surface area contributed by atoms with Crippen LogP contribution in [0.3, 0.4) is 0 Å². The molecule has 5 rings (SSSR count). The smallest absolute Gasteiger partial charge is 0.255 e. The molecule has 0 aromatic heterocycles. The summed E-state index contributed by atoms with van der Waals surface area (Å²) >= 11 is 0. The van der Waals surface area contributed by atoms with E-state index in [1.54, 1.807) is 14.1 Å². The Morgan fingerprint density at radius 1 is 1.07 bits per heavy atom. The quantitative estimate of drug-likeness (QED) is 0.274. The number of primary amides is 1. The Morgan fingerprint density at radius 3 is 2.27 bits per heavy atom. The van der Waals surface area contributed by atoms with E-state index in [4.69, 9.17) is 5.73 Å². The highest BCUT2D eigenvalue weighted by Crippen LogP contribution is 2.53. The SMILES string of the molecule is CN(C)c1cc(CCC2(O)CCCC2)c(O)c2c1C[C@H]1C[C@@H]3[C@@H](N(C)C)C(O)=C(C(N)=O)C(=O)[C@@]3(O)C(O)=C1C2=O. The summed E-state index contributed by atoms with van der Waals surface area (Å²) in [6, 6.07) is 0.791. The summed E-state index contributed by atoms with van der Waals surface area (Å²) < 4.78 is 0. The summed E-state index contributed by atoms with van der Waals surface area (Å²) in [5, 5.41) is 56.5. The molecule has 4 aliphatic rings. The van der Waals surface area contributed by atoms with E-state index < -0.39 is 63.6 Å². The van der Waals surface area contributed by atoms with E-state index in [9.17, 15) is 39.9 Å². The normalized spacial score (nSPS) is 29.0. The maximum atomic E-state index is 14.1. The van der Waals surface area contributed by atoms with Crippen molar-refractivity contribution >= 4 is 23.2 Å². The molecular formula is C30H39N3O8. The van der Waals surface area contributed by atoms with Gasteiger partial charge in [-0.15, -0.1) is 0 Å². The number of aromatic hydroxyl groups is 1. The van der Waals surface area contributed by atoms with Gasteiger partial charge in [0.25, 0.3) is 5.91 Å². The zero-order valence-corrected chi connectivity index (χ0v) is 23.9.